The summed E-state index contributed by atoms with van der Waals surface area (Å²) in [5, 5.41) is 2.36. The van der Waals surface area contributed by atoms with E-state index in [2.05, 4.69) is 58.9 Å². The number of fused-ring (bicyclic) bond motifs is 5. The van der Waals surface area contributed by atoms with Gasteiger partial charge in [-0.2, -0.15) is 4.57 Å². The van der Waals surface area contributed by atoms with Gasteiger partial charge in [0.25, 0.3) is 0 Å². The minimum absolute atomic E-state index is 0.1000. The van der Waals surface area contributed by atoms with Crippen LogP contribution in [-0.2, 0) is 17.9 Å². The smallest absolute Gasteiger partial charge is 0.384 e. The predicted molar refractivity (Wildman–Crippen MR) is 113 cm³/mol. The lowest BCUT2D eigenvalue weighted by atomic mass is 9.63. The number of rotatable bonds is 1. The van der Waals surface area contributed by atoms with Crippen LogP contribution in [0.25, 0.3) is 33.4 Å². The van der Waals surface area contributed by atoms with Crippen molar-refractivity contribution in [3.8, 4) is 11.5 Å². The summed E-state index contributed by atoms with van der Waals surface area (Å²) in [5.74, 6) is 0.829. The zero-order valence-electron chi connectivity index (χ0n) is 17.6. The van der Waals surface area contributed by atoms with Crippen molar-refractivity contribution in [3.63, 3.8) is 0 Å². The molecule has 4 aromatic rings. The van der Waals surface area contributed by atoms with Gasteiger partial charge >= 0.3 is 5.89 Å². The Morgan fingerprint density at radius 3 is 2.29 bits per heavy atom. The fourth-order valence-electron chi connectivity index (χ4n) is 4.96. The summed E-state index contributed by atoms with van der Waals surface area (Å²) in [4.78, 5) is 0. The minimum Gasteiger partial charge on any atom is -0.455 e. The van der Waals surface area contributed by atoms with Gasteiger partial charge in [0, 0.05) is 16.3 Å². The monoisotopic (exact) mass is 374 g/mol. The molecular weight excluding hydrogens is 346 g/mol. The fourth-order valence-corrected chi connectivity index (χ4v) is 4.96. The first kappa shape index (κ1) is 17.5. The van der Waals surface area contributed by atoms with E-state index < -0.39 is 0 Å². The van der Waals surface area contributed by atoms with E-state index in [-0.39, 0.29) is 10.8 Å². The third kappa shape index (κ3) is 2.25. The van der Waals surface area contributed by atoms with Gasteiger partial charge < -0.3 is 8.83 Å². The summed E-state index contributed by atoms with van der Waals surface area (Å²) in [6.07, 6.45) is 6.03. The highest BCUT2D eigenvalue weighted by atomic mass is 16.4. The Balaban J connectivity index is 1.94. The van der Waals surface area contributed by atoms with Crippen LogP contribution >= 0.6 is 0 Å². The van der Waals surface area contributed by atoms with Crippen molar-refractivity contribution in [2.24, 2.45) is 7.05 Å². The second kappa shape index (κ2) is 5.50. The molecule has 0 amide bonds. The summed E-state index contributed by atoms with van der Waals surface area (Å²) in [7, 11) is 2.01. The maximum Gasteiger partial charge on any atom is 0.384 e. The Labute approximate surface area is 166 Å². The number of hydrogen-bond acceptors (Lipinski definition) is 2. The topological polar surface area (TPSA) is 30.2 Å². The molecule has 1 aliphatic rings. The minimum atomic E-state index is 0.1000. The first-order valence-electron chi connectivity index (χ1n) is 10.1. The summed E-state index contributed by atoms with van der Waals surface area (Å²) < 4.78 is 14.5. The number of aryl methyl sites for hydroxylation is 2. The summed E-state index contributed by atoms with van der Waals surface area (Å²) in [5.41, 5.74) is 7.25. The highest BCUT2D eigenvalue weighted by molar-refractivity contribution is 6.10. The lowest BCUT2D eigenvalue weighted by Crippen LogP contribution is -2.33. The van der Waals surface area contributed by atoms with Gasteiger partial charge in [0.2, 0.25) is 6.20 Å². The largest absolute Gasteiger partial charge is 0.455 e. The summed E-state index contributed by atoms with van der Waals surface area (Å²) in [6.45, 7) is 11.5. The van der Waals surface area contributed by atoms with Gasteiger partial charge in [-0.15, -0.1) is 0 Å². The zero-order chi connectivity index (χ0) is 19.8. The van der Waals surface area contributed by atoms with Gasteiger partial charge in [0.1, 0.15) is 18.2 Å². The standard InChI is InChI=1S/C25H28NO2/c1-15-7-8-16-17-9-10-18-20(25(4,5)12-11-24(18,2)3)22(17)28-21(16)19(15)23-26(6)13-14-27-23/h7-10,13-14H,11-12H2,1-6H3/q+1. The lowest BCUT2D eigenvalue weighted by molar-refractivity contribution is -0.662. The Bertz CT molecular complexity index is 1240. The SMILES string of the molecule is Cc1ccc2c(oc3c4c(ccc32)C(C)(C)CCC4(C)C)c1-c1occ[n+]1C. The molecule has 0 fully saturated rings. The highest BCUT2D eigenvalue weighted by Crippen LogP contribution is 2.50. The molecule has 2 heterocycles. The molecule has 144 valence electrons. The maximum absolute atomic E-state index is 6.70. The molecule has 2 aromatic carbocycles. The molecule has 0 aliphatic heterocycles. The number of hydrogen-bond donors (Lipinski definition) is 0. The molecule has 0 saturated carbocycles. The van der Waals surface area contributed by atoms with Gasteiger partial charge in [0.15, 0.2) is 11.8 Å². The van der Waals surface area contributed by atoms with Crippen LogP contribution in [0.4, 0.5) is 0 Å². The van der Waals surface area contributed by atoms with Crippen LogP contribution in [0.2, 0.25) is 0 Å². The van der Waals surface area contributed by atoms with Crippen LogP contribution in [0.5, 0.6) is 0 Å². The predicted octanol–water partition coefficient (Wildman–Crippen LogP) is 6.33. The van der Waals surface area contributed by atoms with Gasteiger partial charge in [-0.25, -0.2) is 0 Å². The molecule has 3 nitrogen and oxygen atoms in total. The van der Waals surface area contributed by atoms with Gasteiger partial charge in [0.05, 0.1) is 0 Å². The molecule has 3 heteroatoms. The Morgan fingerprint density at radius 2 is 1.57 bits per heavy atom. The molecule has 0 radical (unpaired) electrons. The van der Waals surface area contributed by atoms with Crippen molar-refractivity contribution in [3.05, 3.63) is 53.4 Å². The second-order valence-electron chi connectivity index (χ2n) is 9.69. The van der Waals surface area contributed by atoms with Crippen LogP contribution in [-0.4, -0.2) is 0 Å². The third-order valence-corrected chi connectivity index (χ3v) is 6.80. The van der Waals surface area contributed by atoms with Gasteiger partial charge in [-0.1, -0.05) is 52.0 Å². The number of oxazole rings is 1. The van der Waals surface area contributed by atoms with Crippen molar-refractivity contribution in [1.29, 1.82) is 0 Å². The van der Waals surface area contributed by atoms with Crippen molar-refractivity contribution in [2.75, 3.05) is 0 Å². The first-order valence-corrected chi connectivity index (χ1v) is 10.1. The number of benzene rings is 2. The van der Waals surface area contributed by atoms with E-state index in [1.54, 1.807) is 6.26 Å². The maximum atomic E-state index is 6.70. The molecule has 0 saturated heterocycles. The van der Waals surface area contributed by atoms with E-state index in [9.17, 15) is 0 Å². The van der Waals surface area contributed by atoms with E-state index in [1.807, 2.05) is 17.8 Å². The normalized spacial score (nSPS) is 17.9. The first-order chi connectivity index (χ1) is 13.2. The van der Waals surface area contributed by atoms with E-state index in [1.165, 1.54) is 29.4 Å². The summed E-state index contributed by atoms with van der Waals surface area (Å²) >= 11 is 0. The Kier molecular flexibility index (Phi) is 3.44. The number of aromatic nitrogens is 1. The second-order valence-corrected chi connectivity index (χ2v) is 9.69. The third-order valence-electron chi connectivity index (χ3n) is 6.80. The molecule has 0 unspecified atom stereocenters. The van der Waals surface area contributed by atoms with Crippen LogP contribution in [0.3, 0.4) is 0 Å². The number of nitrogens with zero attached hydrogens (tertiary/aromatic N) is 1. The van der Waals surface area contributed by atoms with E-state index in [4.69, 9.17) is 8.83 Å². The lowest BCUT2D eigenvalue weighted by Gasteiger charge is -2.41. The molecule has 28 heavy (non-hydrogen) atoms. The average molecular weight is 375 g/mol. The molecule has 5 rings (SSSR count). The quantitative estimate of drug-likeness (QED) is 0.365. The van der Waals surface area contributed by atoms with Crippen LogP contribution in [0, 0.1) is 6.92 Å². The Morgan fingerprint density at radius 1 is 0.893 bits per heavy atom. The van der Waals surface area contributed by atoms with Crippen molar-refractivity contribution in [2.45, 2.75) is 58.3 Å². The van der Waals surface area contributed by atoms with Gasteiger partial charge in [-0.05, 0) is 41.7 Å². The molecular formula is C25H28NO2+. The van der Waals surface area contributed by atoms with Crippen molar-refractivity contribution in [1.82, 2.24) is 0 Å². The van der Waals surface area contributed by atoms with E-state index in [0.29, 0.717) is 0 Å². The highest BCUT2D eigenvalue weighted by Gasteiger charge is 2.39. The molecule has 0 atom stereocenters. The van der Waals surface area contributed by atoms with E-state index in [0.717, 1.165) is 33.6 Å². The van der Waals surface area contributed by atoms with Gasteiger partial charge in [-0.3, -0.25) is 0 Å². The van der Waals surface area contributed by atoms with Crippen LogP contribution in [0.15, 0.2) is 45.6 Å². The molecule has 2 aromatic heterocycles. The molecule has 0 N–H and O–H groups in total. The molecule has 1 aliphatic carbocycles. The van der Waals surface area contributed by atoms with Crippen LogP contribution < -0.4 is 4.57 Å². The van der Waals surface area contributed by atoms with Crippen molar-refractivity contribution < 1.29 is 13.4 Å². The zero-order valence-corrected chi connectivity index (χ0v) is 17.6. The molecule has 0 bridgehead atoms. The fraction of sp³-hybridized carbons (Fsp3) is 0.400. The molecule has 0 spiro atoms. The number of furan rings is 1. The van der Waals surface area contributed by atoms with Crippen LogP contribution in [0.1, 0.15) is 57.2 Å². The van der Waals surface area contributed by atoms with E-state index >= 15 is 0 Å². The summed E-state index contributed by atoms with van der Waals surface area (Å²) in [6, 6.07) is 8.95. The Hall–Kier alpha value is -2.55. The van der Waals surface area contributed by atoms with Crippen molar-refractivity contribution >= 4 is 21.9 Å². The average Bonchev–Trinajstić information content (AvgIpc) is 3.21.